The van der Waals surface area contributed by atoms with E-state index >= 15 is 0 Å². The molecule has 2 aromatic carbocycles. The van der Waals surface area contributed by atoms with Crippen molar-refractivity contribution in [2.75, 3.05) is 25.6 Å². The number of benzene rings is 2. The van der Waals surface area contributed by atoms with E-state index in [9.17, 15) is 14.9 Å². The highest BCUT2D eigenvalue weighted by atomic mass is 79.9. The number of rotatable bonds is 8. The van der Waals surface area contributed by atoms with E-state index in [4.69, 9.17) is 20.6 Å². The number of terminal acetylenes is 1. The van der Waals surface area contributed by atoms with Crippen LogP contribution in [0.2, 0.25) is 0 Å². The molecule has 31 heavy (non-hydrogen) atoms. The number of carbonyl (C=O) groups excluding carboxylic acids is 2. The topological polar surface area (TPSA) is 97.7 Å². The number of methoxy groups -OCH3 is 1. The summed E-state index contributed by atoms with van der Waals surface area (Å²) in [6, 6.07) is 11.3. The lowest BCUT2D eigenvalue weighted by Gasteiger charge is -2.11. The molecule has 0 spiro atoms. The van der Waals surface area contributed by atoms with Crippen molar-refractivity contribution in [3.8, 4) is 29.9 Å². The van der Waals surface area contributed by atoms with E-state index in [1.165, 1.54) is 25.3 Å². The molecule has 158 valence electrons. The molecular weight excluding hydrogens is 464 g/mol. The number of carbonyl (C=O) groups is 2. The van der Waals surface area contributed by atoms with Gasteiger partial charge in [0, 0.05) is 10.2 Å². The van der Waals surface area contributed by atoms with Crippen LogP contribution in [0.1, 0.15) is 22.8 Å². The summed E-state index contributed by atoms with van der Waals surface area (Å²) in [4.78, 5) is 24.3. The molecule has 1 N–H and O–H groups in total. The summed E-state index contributed by atoms with van der Waals surface area (Å²) < 4.78 is 16.2. The summed E-state index contributed by atoms with van der Waals surface area (Å²) in [7, 11) is 1.47. The molecule has 0 heterocycles. The predicted octanol–water partition coefficient (Wildman–Crippen LogP) is 4.19. The van der Waals surface area contributed by atoms with Crippen molar-refractivity contribution >= 4 is 39.6 Å². The zero-order chi connectivity index (χ0) is 22.8. The highest BCUT2D eigenvalue weighted by Crippen LogP contribution is 2.34. The fraction of sp³-hybridized carbons (Fsp3) is 0.174. The Morgan fingerprint density at radius 3 is 2.52 bits per heavy atom. The number of amides is 1. The smallest absolute Gasteiger partial charge is 0.338 e. The zero-order valence-corrected chi connectivity index (χ0v) is 18.5. The summed E-state index contributed by atoms with van der Waals surface area (Å²) in [5, 5.41) is 12.1. The van der Waals surface area contributed by atoms with Gasteiger partial charge >= 0.3 is 5.97 Å². The molecule has 0 saturated heterocycles. The molecule has 0 fully saturated rings. The number of hydrogen-bond donors (Lipinski definition) is 1. The monoisotopic (exact) mass is 482 g/mol. The molecule has 0 radical (unpaired) electrons. The van der Waals surface area contributed by atoms with Gasteiger partial charge in [0.05, 0.1) is 19.3 Å². The first kappa shape index (κ1) is 23.5. The molecule has 0 bridgehead atoms. The summed E-state index contributed by atoms with van der Waals surface area (Å²) in [6.07, 6.45) is 6.63. The Hall–Kier alpha value is -3.75. The van der Waals surface area contributed by atoms with Crippen LogP contribution < -0.4 is 14.8 Å². The van der Waals surface area contributed by atoms with Crippen LogP contribution in [0.4, 0.5) is 5.69 Å². The van der Waals surface area contributed by atoms with Crippen LogP contribution in [0.5, 0.6) is 11.5 Å². The number of anilines is 1. The average molecular weight is 483 g/mol. The van der Waals surface area contributed by atoms with Crippen molar-refractivity contribution in [3.05, 3.63) is 57.6 Å². The molecule has 0 aliphatic carbocycles. The first-order valence-electron chi connectivity index (χ1n) is 9.07. The third kappa shape index (κ3) is 6.36. The number of hydrogen-bond acceptors (Lipinski definition) is 6. The van der Waals surface area contributed by atoms with Gasteiger partial charge in [-0.3, -0.25) is 4.79 Å². The molecule has 0 aliphatic heterocycles. The minimum Gasteiger partial charge on any atom is -0.493 e. The molecule has 2 aromatic rings. The Morgan fingerprint density at radius 2 is 1.94 bits per heavy atom. The highest BCUT2D eigenvalue weighted by molar-refractivity contribution is 9.10. The molecule has 7 nitrogen and oxygen atoms in total. The molecule has 1 amide bonds. The van der Waals surface area contributed by atoms with E-state index in [2.05, 4.69) is 27.2 Å². The van der Waals surface area contributed by atoms with Crippen molar-refractivity contribution in [1.29, 1.82) is 5.26 Å². The molecular formula is C23H19BrN2O5. The Labute approximate surface area is 188 Å². The lowest BCUT2D eigenvalue weighted by molar-refractivity contribution is -0.112. The summed E-state index contributed by atoms with van der Waals surface area (Å²) in [6.45, 7) is 2.05. The van der Waals surface area contributed by atoms with Crippen molar-refractivity contribution in [2.45, 2.75) is 6.92 Å². The summed E-state index contributed by atoms with van der Waals surface area (Å²) >= 11 is 3.39. The summed E-state index contributed by atoms with van der Waals surface area (Å²) in [5.41, 5.74) is 1.19. The second-order valence-electron chi connectivity index (χ2n) is 5.94. The Kier molecular flexibility index (Phi) is 8.68. The van der Waals surface area contributed by atoms with Crippen LogP contribution in [-0.4, -0.2) is 32.2 Å². The van der Waals surface area contributed by atoms with Gasteiger partial charge in [-0.25, -0.2) is 4.79 Å². The van der Waals surface area contributed by atoms with E-state index in [-0.39, 0.29) is 18.8 Å². The Bertz CT molecular complexity index is 1080. The molecule has 0 atom stereocenters. The van der Waals surface area contributed by atoms with Gasteiger partial charge in [-0.2, -0.15) is 5.26 Å². The van der Waals surface area contributed by atoms with Crippen LogP contribution in [0.15, 0.2) is 46.4 Å². The molecule has 0 aromatic heterocycles. The van der Waals surface area contributed by atoms with E-state index in [0.717, 1.165) is 0 Å². The quantitative estimate of drug-likeness (QED) is 0.262. The van der Waals surface area contributed by atoms with Gasteiger partial charge in [-0.15, -0.1) is 6.42 Å². The second-order valence-corrected chi connectivity index (χ2v) is 6.79. The van der Waals surface area contributed by atoms with Gasteiger partial charge in [-0.05, 0) is 55.0 Å². The predicted molar refractivity (Wildman–Crippen MR) is 120 cm³/mol. The Balaban J connectivity index is 2.23. The minimum absolute atomic E-state index is 0.0682. The molecule has 0 saturated carbocycles. The lowest BCUT2D eigenvalue weighted by atomic mass is 10.1. The number of nitrogens with zero attached hydrogens (tertiary/aromatic N) is 1. The number of nitrogens with one attached hydrogen (secondary N) is 1. The molecule has 2 rings (SSSR count). The maximum absolute atomic E-state index is 12.6. The van der Waals surface area contributed by atoms with Crippen LogP contribution >= 0.6 is 15.9 Å². The van der Waals surface area contributed by atoms with Crippen LogP contribution in [0.25, 0.3) is 6.08 Å². The first-order valence-corrected chi connectivity index (χ1v) is 9.86. The fourth-order valence-electron chi connectivity index (χ4n) is 2.46. The van der Waals surface area contributed by atoms with Gasteiger partial charge in [0.15, 0.2) is 11.5 Å². The first-order chi connectivity index (χ1) is 14.9. The average Bonchev–Trinajstić information content (AvgIpc) is 2.77. The molecule has 0 unspecified atom stereocenters. The third-order valence-electron chi connectivity index (χ3n) is 3.91. The van der Waals surface area contributed by atoms with E-state index < -0.39 is 11.9 Å². The SMILES string of the molecule is C#CCOc1cc(Br)c(/C=C(\C#N)C(=O)Nc2ccc(C(=O)OCC)cc2)cc1OC. The largest absolute Gasteiger partial charge is 0.493 e. The van der Waals surface area contributed by atoms with E-state index in [1.807, 2.05) is 6.07 Å². The minimum atomic E-state index is -0.607. The van der Waals surface area contributed by atoms with Crippen molar-refractivity contribution in [2.24, 2.45) is 0 Å². The van der Waals surface area contributed by atoms with Crippen molar-refractivity contribution in [3.63, 3.8) is 0 Å². The van der Waals surface area contributed by atoms with Crippen molar-refractivity contribution in [1.82, 2.24) is 0 Å². The summed E-state index contributed by atoms with van der Waals surface area (Å²) in [5.74, 6) is 2.14. The van der Waals surface area contributed by atoms with Gasteiger partial charge in [-0.1, -0.05) is 21.9 Å². The van der Waals surface area contributed by atoms with Gasteiger partial charge < -0.3 is 19.5 Å². The standard InChI is InChI=1S/C23H19BrN2O5/c1-4-10-31-21-13-19(24)16(12-20(21)29-3)11-17(14-25)22(27)26-18-8-6-15(7-9-18)23(28)30-5-2/h1,6-9,11-13H,5,10H2,2-3H3,(H,26,27)/b17-11+. The van der Waals surface area contributed by atoms with Gasteiger partial charge in [0.2, 0.25) is 0 Å². The molecule has 8 heteroatoms. The van der Waals surface area contributed by atoms with Crippen molar-refractivity contribution < 1.29 is 23.8 Å². The lowest BCUT2D eigenvalue weighted by Crippen LogP contribution is -2.13. The maximum atomic E-state index is 12.6. The van der Waals surface area contributed by atoms with Crippen LogP contribution in [0, 0.1) is 23.7 Å². The van der Waals surface area contributed by atoms with E-state index in [1.54, 1.807) is 31.2 Å². The highest BCUT2D eigenvalue weighted by Gasteiger charge is 2.14. The van der Waals surface area contributed by atoms with Crippen LogP contribution in [-0.2, 0) is 9.53 Å². The maximum Gasteiger partial charge on any atom is 0.338 e. The van der Waals surface area contributed by atoms with Gasteiger partial charge in [0.25, 0.3) is 5.91 Å². The zero-order valence-electron chi connectivity index (χ0n) is 16.9. The fourth-order valence-corrected chi connectivity index (χ4v) is 2.90. The normalized spacial score (nSPS) is 10.4. The molecule has 0 aliphatic rings. The second kappa shape index (κ2) is 11.4. The number of nitriles is 1. The number of esters is 1. The van der Waals surface area contributed by atoms with Gasteiger partial charge in [0.1, 0.15) is 18.2 Å². The van der Waals surface area contributed by atoms with E-state index in [0.29, 0.717) is 32.8 Å². The number of halogens is 1. The van der Waals surface area contributed by atoms with Crippen LogP contribution in [0.3, 0.4) is 0 Å². The number of ether oxygens (including phenoxy) is 3. The third-order valence-corrected chi connectivity index (χ3v) is 4.60. The Morgan fingerprint density at radius 1 is 1.23 bits per heavy atom.